The molecule has 4 atom stereocenters. The smallest absolute Gasteiger partial charge is 0.307 e. The Kier molecular flexibility index (Phi) is 3.26. The molecule has 1 aromatic rings. The van der Waals surface area contributed by atoms with E-state index in [2.05, 4.69) is 5.32 Å². The number of halogens is 1. The summed E-state index contributed by atoms with van der Waals surface area (Å²) in [4.78, 5) is 23.7. The minimum atomic E-state index is -0.891. The van der Waals surface area contributed by atoms with Gasteiger partial charge in [-0.2, -0.15) is 0 Å². The summed E-state index contributed by atoms with van der Waals surface area (Å²) in [6, 6.07) is 6.79. The monoisotopic (exact) mass is 291 g/mol. The standard InChI is InChI=1S/C15H14ClNO3/c16-10-3-5-11(6-4-10)17-14(18)12-8-1-2-9(7-8)13(12)15(19)20/h1-6,8-9,12-13H,7H2,(H,17,18)(H,19,20)/t8?,9?,12-,13+/m0/s1. The molecular formula is C15H14ClNO3. The minimum absolute atomic E-state index is 0.0153. The van der Waals surface area contributed by atoms with Crippen molar-refractivity contribution in [1.82, 2.24) is 0 Å². The highest BCUT2D eigenvalue weighted by atomic mass is 35.5. The minimum Gasteiger partial charge on any atom is -0.481 e. The number of carboxylic acids is 1. The molecule has 1 aromatic carbocycles. The Hall–Kier alpha value is -1.81. The predicted octanol–water partition coefficient (Wildman–Crippen LogP) is 2.80. The number of aliphatic carboxylic acids is 1. The van der Waals surface area contributed by atoms with Crippen molar-refractivity contribution < 1.29 is 14.7 Å². The van der Waals surface area contributed by atoms with Gasteiger partial charge in [0.1, 0.15) is 0 Å². The third-order valence-electron chi connectivity index (χ3n) is 4.16. The summed E-state index contributed by atoms with van der Waals surface area (Å²) < 4.78 is 0. The zero-order valence-corrected chi connectivity index (χ0v) is 11.4. The quantitative estimate of drug-likeness (QED) is 0.842. The molecule has 2 N–H and O–H groups in total. The second-order valence-electron chi connectivity index (χ2n) is 5.33. The number of fused-ring (bicyclic) bond motifs is 2. The van der Waals surface area contributed by atoms with Crippen LogP contribution in [0.5, 0.6) is 0 Å². The lowest BCUT2D eigenvalue weighted by Gasteiger charge is -2.23. The van der Waals surface area contributed by atoms with Gasteiger partial charge in [-0.3, -0.25) is 9.59 Å². The second-order valence-corrected chi connectivity index (χ2v) is 5.77. The number of hydrogen-bond acceptors (Lipinski definition) is 2. The average Bonchev–Trinajstić information content (AvgIpc) is 3.01. The number of hydrogen-bond donors (Lipinski definition) is 2. The Morgan fingerprint density at radius 2 is 1.70 bits per heavy atom. The van der Waals surface area contributed by atoms with Crippen LogP contribution in [0.15, 0.2) is 36.4 Å². The fourth-order valence-electron chi connectivity index (χ4n) is 3.28. The first kappa shape index (κ1) is 13.2. The van der Waals surface area contributed by atoms with Crippen LogP contribution in [0.1, 0.15) is 6.42 Å². The molecule has 0 heterocycles. The lowest BCUT2D eigenvalue weighted by molar-refractivity contribution is -0.146. The Morgan fingerprint density at radius 3 is 2.30 bits per heavy atom. The SMILES string of the molecule is O=C(O)[C@@H]1C2C=CC(C2)[C@@H]1C(=O)Nc1ccc(Cl)cc1. The van der Waals surface area contributed by atoms with Crippen LogP contribution in [0.25, 0.3) is 0 Å². The number of carbonyl (C=O) groups excluding carboxylic acids is 1. The third-order valence-corrected chi connectivity index (χ3v) is 4.41. The van der Waals surface area contributed by atoms with E-state index >= 15 is 0 Å². The van der Waals surface area contributed by atoms with Crippen LogP contribution < -0.4 is 5.32 Å². The molecular weight excluding hydrogens is 278 g/mol. The maximum Gasteiger partial charge on any atom is 0.307 e. The van der Waals surface area contributed by atoms with E-state index in [0.717, 1.165) is 6.42 Å². The predicted molar refractivity (Wildman–Crippen MR) is 75.4 cm³/mol. The van der Waals surface area contributed by atoms with E-state index in [4.69, 9.17) is 11.6 Å². The van der Waals surface area contributed by atoms with E-state index in [-0.39, 0.29) is 17.7 Å². The summed E-state index contributed by atoms with van der Waals surface area (Å²) in [6.45, 7) is 0. The number of nitrogens with one attached hydrogen (secondary N) is 1. The molecule has 2 bridgehead atoms. The molecule has 1 amide bonds. The maximum atomic E-state index is 12.4. The molecule has 1 saturated carbocycles. The fourth-order valence-corrected chi connectivity index (χ4v) is 3.40. The van der Waals surface area contributed by atoms with Crippen molar-refractivity contribution >= 4 is 29.2 Å². The highest BCUT2D eigenvalue weighted by Crippen LogP contribution is 2.48. The molecule has 104 valence electrons. The Labute approximate surface area is 121 Å². The first-order valence-electron chi connectivity index (χ1n) is 6.54. The summed E-state index contributed by atoms with van der Waals surface area (Å²) >= 11 is 5.79. The summed E-state index contributed by atoms with van der Waals surface area (Å²) in [5, 5.41) is 12.7. The maximum absolute atomic E-state index is 12.4. The number of rotatable bonds is 3. The van der Waals surface area contributed by atoms with Crippen molar-refractivity contribution in [3.63, 3.8) is 0 Å². The summed E-state index contributed by atoms with van der Waals surface area (Å²) in [7, 11) is 0. The molecule has 2 aliphatic rings. The molecule has 4 nitrogen and oxygen atoms in total. The van der Waals surface area contributed by atoms with Crippen LogP contribution in [0, 0.1) is 23.7 Å². The van der Waals surface area contributed by atoms with Crippen molar-refractivity contribution in [3.05, 3.63) is 41.4 Å². The second kappa shape index (κ2) is 4.94. The molecule has 20 heavy (non-hydrogen) atoms. The van der Waals surface area contributed by atoms with Gasteiger partial charge in [-0.05, 0) is 42.5 Å². The third kappa shape index (κ3) is 2.20. The molecule has 2 unspecified atom stereocenters. The molecule has 0 saturated heterocycles. The van der Waals surface area contributed by atoms with Gasteiger partial charge >= 0.3 is 5.97 Å². The Morgan fingerprint density at radius 1 is 1.10 bits per heavy atom. The van der Waals surface area contributed by atoms with Crippen LogP contribution in [0.3, 0.4) is 0 Å². The van der Waals surface area contributed by atoms with Gasteiger partial charge in [0.15, 0.2) is 0 Å². The Bertz CT molecular complexity index is 581. The van der Waals surface area contributed by atoms with Gasteiger partial charge in [-0.15, -0.1) is 0 Å². The van der Waals surface area contributed by atoms with E-state index in [1.165, 1.54) is 0 Å². The molecule has 3 rings (SSSR count). The lowest BCUT2D eigenvalue weighted by Crippen LogP contribution is -2.36. The van der Waals surface area contributed by atoms with E-state index in [9.17, 15) is 14.7 Å². The number of anilines is 1. The zero-order chi connectivity index (χ0) is 14.3. The first-order chi connectivity index (χ1) is 9.56. The topological polar surface area (TPSA) is 66.4 Å². The normalized spacial score (nSPS) is 30.4. The van der Waals surface area contributed by atoms with Gasteiger partial charge in [-0.25, -0.2) is 0 Å². The van der Waals surface area contributed by atoms with Gasteiger partial charge in [0.05, 0.1) is 11.8 Å². The highest BCUT2D eigenvalue weighted by molar-refractivity contribution is 6.30. The van der Waals surface area contributed by atoms with Crippen molar-refractivity contribution in [2.45, 2.75) is 6.42 Å². The van der Waals surface area contributed by atoms with Gasteiger partial charge < -0.3 is 10.4 Å². The molecule has 0 radical (unpaired) electrons. The van der Waals surface area contributed by atoms with E-state index in [0.29, 0.717) is 10.7 Å². The average molecular weight is 292 g/mol. The lowest BCUT2D eigenvalue weighted by atomic mass is 9.82. The number of allylic oxidation sites excluding steroid dienone is 2. The molecule has 0 spiro atoms. The van der Waals surface area contributed by atoms with Crippen molar-refractivity contribution in [3.8, 4) is 0 Å². The van der Waals surface area contributed by atoms with Crippen LogP contribution in [-0.4, -0.2) is 17.0 Å². The summed E-state index contributed by atoms with van der Waals surface area (Å²) in [5.41, 5.74) is 0.635. The van der Waals surface area contributed by atoms with Gasteiger partial charge in [0.2, 0.25) is 5.91 Å². The fraction of sp³-hybridized carbons (Fsp3) is 0.333. The van der Waals surface area contributed by atoms with Crippen LogP contribution in [0.2, 0.25) is 5.02 Å². The van der Waals surface area contributed by atoms with Gasteiger partial charge in [-0.1, -0.05) is 23.8 Å². The van der Waals surface area contributed by atoms with Gasteiger partial charge in [0.25, 0.3) is 0 Å². The molecule has 0 aromatic heterocycles. The van der Waals surface area contributed by atoms with E-state index < -0.39 is 17.8 Å². The first-order valence-corrected chi connectivity index (χ1v) is 6.91. The van der Waals surface area contributed by atoms with Crippen LogP contribution >= 0.6 is 11.6 Å². The number of benzene rings is 1. The summed E-state index contributed by atoms with van der Waals surface area (Å²) in [6.07, 6.45) is 4.65. The van der Waals surface area contributed by atoms with Crippen molar-refractivity contribution in [2.75, 3.05) is 5.32 Å². The van der Waals surface area contributed by atoms with E-state index in [1.54, 1.807) is 24.3 Å². The highest BCUT2D eigenvalue weighted by Gasteiger charge is 2.51. The molecule has 5 heteroatoms. The van der Waals surface area contributed by atoms with Crippen LogP contribution in [-0.2, 0) is 9.59 Å². The van der Waals surface area contributed by atoms with Crippen molar-refractivity contribution in [1.29, 1.82) is 0 Å². The molecule has 2 aliphatic carbocycles. The van der Waals surface area contributed by atoms with Gasteiger partial charge in [0, 0.05) is 10.7 Å². The van der Waals surface area contributed by atoms with E-state index in [1.807, 2.05) is 12.2 Å². The largest absolute Gasteiger partial charge is 0.481 e. The number of carboxylic acid groups (broad SMARTS) is 1. The number of carbonyl (C=O) groups is 2. The molecule has 0 aliphatic heterocycles. The number of amides is 1. The molecule has 1 fully saturated rings. The van der Waals surface area contributed by atoms with Crippen molar-refractivity contribution in [2.24, 2.45) is 23.7 Å². The zero-order valence-electron chi connectivity index (χ0n) is 10.6. The summed E-state index contributed by atoms with van der Waals surface area (Å²) in [5.74, 6) is -2.20. The van der Waals surface area contributed by atoms with Crippen LogP contribution in [0.4, 0.5) is 5.69 Å². The Balaban J connectivity index is 1.78.